The molecule has 0 aliphatic heterocycles. The number of nitrogens with one attached hydrogen (secondary N) is 1. The fraction of sp³-hybridized carbons (Fsp3) is 0.381. The van der Waals surface area contributed by atoms with E-state index in [1.54, 1.807) is 50.6 Å². The zero-order valence-electron chi connectivity index (χ0n) is 17.8. The van der Waals surface area contributed by atoms with Crippen LogP contribution in [0, 0.1) is 0 Å². The molecule has 0 fully saturated rings. The Bertz CT molecular complexity index is 977. The molecule has 0 aliphatic rings. The number of carbonyl (C=O) groups is 1. The molecule has 1 amide bonds. The van der Waals surface area contributed by atoms with Crippen LogP contribution in [-0.4, -0.2) is 48.5 Å². The molecule has 2 rings (SSSR count). The van der Waals surface area contributed by atoms with E-state index in [0.717, 1.165) is 16.1 Å². The second-order valence-electron chi connectivity index (χ2n) is 6.61. The van der Waals surface area contributed by atoms with Gasteiger partial charge in [0.1, 0.15) is 12.3 Å². The maximum Gasteiger partial charge on any atom is 0.241 e. The second kappa shape index (κ2) is 10.2. The van der Waals surface area contributed by atoms with Crippen molar-refractivity contribution in [2.24, 2.45) is 0 Å². The van der Waals surface area contributed by atoms with Gasteiger partial charge in [-0.2, -0.15) is 0 Å². The Labute approximate surface area is 177 Å². The van der Waals surface area contributed by atoms with Crippen LogP contribution in [0.4, 0.5) is 5.69 Å². The zero-order valence-corrected chi connectivity index (χ0v) is 18.7. The van der Waals surface area contributed by atoms with Crippen molar-refractivity contribution < 1.29 is 27.4 Å². The zero-order chi connectivity index (χ0) is 22.3. The Morgan fingerprint density at radius 3 is 2.30 bits per heavy atom. The van der Waals surface area contributed by atoms with Gasteiger partial charge in [-0.3, -0.25) is 9.10 Å². The minimum absolute atomic E-state index is 0.316. The van der Waals surface area contributed by atoms with E-state index in [1.165, 1.54) is 7.11 Å². The van der Waals surface area contributed by atoms with Crippen molar-refractivity contribution in [3.05, 3.63) is 48.0 Å². The predicted octanol–water partition coefficient (Wildman–Crippen LogP) is 2.75. The molecule has 0 saturated carbocycles. The summed E-state index contributed by atoms with van der Waals surface area (Å²) >= 11 is 0. The quantitative estimate of drug-likeness (QED) is 0.616. The second-order valence-corrected chi connectivity index (χ2v) is 8.52. The lowest BCUT2D eigenvalue weighted by Gasteiger charge is -2.24. The van der Waals surface area contributed by atoms with Crippen molar-refractivity contribution in [3.63, 3.8) is 0 Å². The van der Waals surface area contributed by atoms with Crippen molar-refractivity contribution in [2.75, 3.05) is 38.4 Å². The first-order valence-corrected chi connectivity index (χ1v) is 11.2. The first-order valence-electron chi connectivity index (χ1n) is 9.36. The average molecular weight is 437 g/mol. The Hall–Kier alpha value is -2.94. The highest BCUT2D eigenvalue weighted by atomic mass is 32.2. The topological polar surface area (TPSA) is 94.2 Å². The Morgan fingerprint density at radius 1 is 1.03 bits per heavy atom. The molecule has 30 heavy (non-hydrogen) atoms. The molecule has 1 atom stereocenters. The molecule has 0 saturated heterocycles. The van der Waals surface area contributed by atoms with Crippen LogP contribution in [0.3, 0.4) is 0 Å². The highest BCUT2D eigenvalue weighted by Gasteiger charge is 2.23. The van der Waals surface area contributed by atoms with Gasteiger partial charge in [0.2, 0.25) is 15.9 Å². The van der Waals surface area contributed by atoms with Gasteiger partial charge < -0.3 is 19.5 Å². The standard InChI is InChI=1S/C21H28N2O6S/c1-6-18(15-10-11-19(28-3)20(12-15)29-4)22-21(24)14-23(30(5,25)26)16-8-7-9-17(13-16)27-2/h7-13,18H,6,14H2,1-5H3,(H,22,24). The van der Waals surface area contributed by atoms with Crippen LogP contribution in [0.25, 0.3) is 0 Å². The van der Waals surface area contributed by atoms with Gasteiger partial charge in [-0.1, -0.05) is 19.1 Å². The molecule has 8 nitrogen and oxygen atoms in total. The molecule has 0 aromatic heterocycles. The van der Waals surface area contributed by atoms with E-state index in [0.29, 0.717) is 29.4 Å². The molecule has 9 heteroatoms. The molecule has 0 spiro atoms. The summed E-state index contributed by atoms with van der Waals surface area (Å²) in [6.07, 6.45) is 1.67. The molecule has 2 aromatic rings. The minimum Gasteiger partial charge on any atom is -0.497 e. The summed E-state index contributed by atoms with van der Waals surface area (Å²) in [5.74, 6) is 1.21. The lowest BCUT2D eigenvalue weighted by atomic mass is 10.0. The van der Waals surface area contributed by atoms with E-state index in [-0.39, 0.29) is 12.6 Å². The molecule has 1 N–H and O–H groups in total. The summed E-state index contributed by atoms with van der Waals surface area (Å²) in [7, 11) is 0.899. The van der Waals surface area contributed by atoms with Crippen LogP contribution in [0.1, 0.15) is 24.9 Å². The van der Waals surface area contributed by atoms with Gasteiger partial charge in [0.15, 0.2) is 11.5 Å². The number of carbonyl (C=O) groups excluding carboxylic acids is 1. The number of amides is 1. The fourth-order valence-corrected chi connectivity index (χ4v) is 3.87. The van der Waals surface area contributed by atoms with E-state index in [2.05, 4.69) is 5.32 Å². The smallest absolute Gasteiger partial charge is 0.241 e. The third-order valence-electron chi connectivity index (χ3n) is 4.58. The third-order valence-corrected chi connectivity index (χ3v) is 5.72. The first-order chi connectivity index (χ1) is 14.2. The number of methoxy groups -OCH3 is 3. The van der Waals surface area contributed by atoms with E-state index in [9.17, 15) is 13.2 Å². The van der Waals surface area contributed by atoms with Crippen LogP contribution >= 0.6 is 0 Å². The highest BCUT2D eigenvalue weighted by Crippen LogP contribution is 2.31. The largest absolute Gasteiger partial charge is 0.497 e. The molecular weight excluding hydrogens is 408 g/mol. The molecule has 164 valence electrons. The van der Waals surface area contributed by atoms with Gasteiger partial charge in [-0.05, 0) is 36.2 Å². The summed E-state index contributed by atoms with van der Waals surface area (Å²) in [5, 5.41) is 2.90. The number of anilines is 1. The predicted molar refractivity (Wildman–Crippen MR) is 116 cm³/mol. The fourth-order valence-electron chi connectivity index (χ4n) is 3.03. The number of hydrogen-bond acceptors (Lipinski definition) is 6. The van der Waals surface area contributed by atoms with Crippen molar-refractivity contribution >= 4 is 21.6 Å². The highest BCUT2D eigenvalue weighted by molar-refractivity contribution is 7.92. The molecule has 1 unspecified atom stereocenters. The van der Waals surface area contributed by atoms with Crippen molar-refractivity contribution in [1.29, 1.82) is 0 Å². The summed E-state index contributed by atoms with van der Waals surface area (Å²) in [5.41, 5.74) is 1.18. The van der Waals surface area contributed by atoms with Gasteiger partial charge in [0, 0.05) is 6.07 Å². The summed E-state index contributed by atoms with van der Waals surface area (Å²) in [4.78, 5) is 12.7. The Balaban J connectivity index is 2.23. The van der Waals surface area contributed by atoms with E-state index in [4.69, 9.17) is 14.2 Å². The van der Waals surface area contributed by atoms with E-state index >= 15 is 0 Å². The van der Waals surface area contributed by atoms with Gasteiger partial charge in [0.05, 0.1) is 39.3 Å². The lowest BCUT2D eigenvalue weighted by Crippen LogP contribution is -2.41. The number of sulfonamides is 1. The van der Waals surface area contributed by atoms with Gasteiger partial charge in [-0.25, -0.2) is 8.42 Å². The van der Waals surface area contributed by atoms with Crippen molar-refractivity contribution in [2.45, 2.75) is 19.4 Å². The number of benzene rings is 2. The molecule has 2 aromatic carbocycles. The summed E-state index contributed by atoms with van der Waals surface area (Å²) in [6.45, 7) is 1.58. The SMILES string of the molecule is CCC(NC(=O)CN(c1cccc(OC)c1)S(C)(=O)=O)c1ccc(OC)c(OC)c1. The number of rotatable bonds is 10. The average Bonchev–Trinajstić information content (AvgIpc) is 2.74. The summed E-state index contributed by atoms with van der Waals surface area (Å²) in [6, 6.07) is 11.6. The van der Waals surface area contributed by atoms with Crippen LogP contribution in [0.15, 0.2) is 42.5 Å². The number of ether oxygens (including phenoxy) is 3. The first kappa shape index (κ1) is 23.3. The van der Waals surface area contributed by atoms with Crippen LogP contribution < -0.4 is 23.8 Å². The van der Waals surface area contributed by atoms with Crippen LogP contribution in [-0.2, 0) is 14.8 Å². The van der Waals surface area contributed by atoms with Crippen molar-refractivity contribution in [1.82, 2.24) is 5.32 Å². The Kier molecular flexibility index (Phi) is 7.93. The molecule has 0 bridgehead atoms. The molecule has 0 radical (unpaired) electrons. The normalized spacial score (nSPS) is 12.0. The minimum atomic E-state index is -3.68. The van der Waals surface area contributed by atoms with Crippen LogP contribution in [0.5, 0.6) is 17.2 Å². The van der Waals surface area contributed by atoms with E-state index in [1.807, 2.05) is 13.0 Å². The maximum absolute atomic E-state index is 12.7. The maximum atomic E-state index is 12.7. The molecule has 0 aliphatic carbocycles. The number of hydrogen-bond donors (Lipinski definition) is 1. The lowest BCUT2D eigenvalue weighted by molar-refractivity contribution is -0.120. The van der Waals surface area contributed by atoms with Crippen LogP contribution in [0.2, 0.25) is 0 Å². The summed E-state index contributed by atoms with van der Waals surface area (Å²) < 4.78 is 41.4. The third kappa shape index (κ3) is 5.79. The molecular formula is C21H28N2O6S. The van der Waals surface area contributed by atoms with Gasteiger partial charge in [0.25, 0.3) is 0 Å². The van der Waals surface area contributed by atoms with Gasteiger partial charge in [-0.15, -0.1) is 0 Å². The van der Waals surface area contributed by atoms with Gasteiger partial charge >= 0.3 is 0 Å². The number of nitrogens with zero attached hydrogens (tertiary/aromatic N) is 1. The Morgan fingerprint density at radius 2 is 1.73 bits per heavy atom. The molecule has 0 heterocycles. The van der Waals surface area contributed by atoms with E-state index < -0.39 is 15.9 Å². The van der Waals surface area contributed by atoms with Crippen molar-refractivity contribution in [3.8, 4) is 17.2 Å². The monoisotopic (exact) mass is 436 g/mol.